The Morgan fingerprint density at radius 1 is 0.727 bits per heavy atom. The van der Waals surface area contributed by atoms with Crippen molar-refractivity contribution in [1.29, 1.82) is 0 Å². The van der Waals surface area contributed by atoms with Crippen molar-refractivity contribution in [2.75, 3.05) is 0 Å². The molecule has 0 aromatic carbocycles. The summed E-state index contributed by atoms with van der Waals surface area (Å²) in [5.41, 5.74) is 0. The van der Waals surface area contributed by atoms with Gasteiger partial charge in [-0.05, 0) is 0 Å². The Balaban J connectivity index is -0.0000000817. The predicted molar refractivity (Wildman–Crippen MR) is 23.0 cm³/mol. The number of hydrogen-bond donors (Lipinski definition) is 0. The SMILES string of the molecule is O.O=S(=O)([O-])S(=O)(=O)[O-].[Na+].[Na+]. The van der Waals surface area contributed by atoms with Gasteiger partial charge in [-0.2, -0.15) is 0 Å². The van der Waals surface area contributed by atoms with E-state index in [0.717, 1.165) is 0 Å². The van der Waals surface area contributed by atoms with Crippen LogP contribution in [0.2, 0.25) is 0 Å². The number of rotatable bonds is 1. The van der Waals surface area contributed by atoms with Gasteiger partial charge in [-0.1, -0.05) is 0 Å². The molecule has 11 heteroatoms. The van der Waals surface area contributed by atoms with Crippen molar-refractivity contribution in [1.82, 2.24) is 0 Å². The molecule has 0 spiro atoms. The quantitative estimate of drug-likeness (QED) is 0.245. The van der Waals surface area contributed by atoms with Crippen LogP contribution in [-0.2, 0) is 18.3 Å². The van der Waals surface area contributed by atoms with E-state index in [9.17, 15) is 25.9 Å². The van der Waals surface area contributed by atoms with Crippen molar-refractivity contribution < 1.29 is 90.5 Å². The first-order chi connectivity index (χ1) is 3.25. The summed E-state index contributed by atoms with van der Waals surface area (Å²) in [6, 6.07) is 0. The topological polar surface area (TPSA) is 146 Å². The average molecular weight is 224 g/mol. The summed E-state index contributed by atoms with van der Waals surface area (Å²) in [7, 11) is -11.3. The van der Waals surface area contributed by atoms with E-state index < -0.39 is 18.3 Å². The summed E-state index contributed by atoms with van der Waals surface area (Å²) >= 11 is 0. The fourth-order valence-electron chi connectivity index (χ4n) is 0. The molecule has 0 saturated heterocycles. The van der Waals surface area contributed by atoms with Crippen molar-refractivity contribution in [3.8, 4) is 0 Å². The summed E-state index contributed by atoms with van der Waals surface area (Å²) in [6.07, 6.45) is 0. The van der Waals surface area contributed by atoms with Crippen LogP contribution in [0.3, 0.4) is 0 Å². The van der Waals surface area contributed by atoms with Gasteiger partial charge in [-0.3, -0.25) is 0 Å². The molecular formula is H2Na2O7S2. The zero-order chi connectivity index (χ0) is 7.00. The average Bonchev–Trinajstić information content (AvgIpc) is 1.25. The summed E-state index contributed by atoms with van der Waals surface area (Å²) in [5.74, 6) is 0. The third-order valence-electron chi connectivity index (χ3n) is 0.250. The van der Waals surface area contributed by atoms with E-state index in [1.165, 1.54) is 0 Å². The van der Waals surface area contributed by atoms with Crippen LogP contribution in [0.25, 0.3) is 0 Å². The van der Waals surface area contributed by atoms with Crippen molar-refractivity contribution in [3.05, 3.63) is 0 Å². The predicted octanol–water partition coefficient (Wildman–Crippen LogP) is -8.82. The van der Waals surface area contributed by atoms with Gasteiger partial charge < -0.3 is 14.6 Å². The molecule has 2 N–H and O–H groups in total. The van der Waals surface area contributed by atoms with Crippen LogP contribution < -0.4 is 59.1 Å². The van der Waals surface area contributed by atoms with Gasteiger partial charge in [-0.25, -0.2) is 16.8 Å². The zero-order valence-electron chi connectivity index (χ0n) is 5.77. The second kappa shape index (κ2) is 7.21. The molecule has 0 bridgehead atoms. The van der Waals surface area contributed by atoms with Crippen molar-refractivity contribution in [2.24, 2.45) is 0 Å². The Morgan fingerprint density at radius 2 is 0.818 bits per heavy atom. The molecule has 0 aliphatic carbocycles. The Kier molecular flexibility index (Phi) is 15.1. The first kappa shape index (κ1) is 23.0. The Hall–Kier alpha value is 1.78. The van der Waals surface area contributed by atoms with Gasteiger partial charge in [0.15, 0.2) is 18.3 Å². The normalized spacial score (nSPS) is 10.0. The first-order valence-electron chi connectivity index (χ1n) is 1.17. The van der Waals surface area contributed by atoms with E-state index in [-0.39, 0.29) is 64.6 Å². The van der Waals surface area contributed by atoms with E-state index in [0.29, 0.717) is 0 Å². The molecule has 7 nitrogen and oxygen atoms in total. The third-order valence-corrected chi connectivity index (χ3v) is 2.25. The molecule has 11 heavy (non-hydrogen) atoms. The van der Waals surface area contributed by atoms with Gasteiger partial charge >= 0.3 is 59.1 Å². The molecule has 0 heterocycles. The molecule has 0 aromatic rings. The minimum absolute atomic E-state index is 0. The molecule has 0 radical (unpaired) electrons. The van der Waals surface area contributed by atoms with E-state index >= 15 is 0 Å². The molecule has 0 aliphatic rings. The molecule has 0 amide bonds. The van der Waals surface area contributed by atoms with Gasteiger partial charge in [0.2, 0.25) is 0 Å². The van der Waals surface area contributed by atoms with Gasteiger partial charge in [0.1, 0.15) is 0 Å². The van der Waals surface area contributed by atoms with Crippen LogP contribution >= 0.6 is 0 Å². The fourth-order valence-corrected chi connectivity index (χ4v) is 0. The first-order valence-corrected chi connectivity index (χ1v) is 4.50. The van der Waals surface area contributed by atoms with Crippen LogP contribution in [0, 0.1) is 0 Å². The minimum atomic E-state index is -5.67. The van der Waals surface area contributed by atoms with Crippen molar-refractivity contribution in [3.63, 3.8) is 0 Å². The smallest absolute Gasteiger partial charge is 0.736 e. The standard InChI is InChI=1S/2Na.H2O6S2.H2O/c;;1-7(2,3)8(4,5)6;/h;;(H,1,2,3)(H,4,5,6);1H2/q2*+1;;/p-2. The molecule has 0 aromatic heterocycles. The molecule has 58 valence electrons. The summed E-state index contributed by atoms with van der Waals surface area (Å²) in [6.45, 7) is 0. The van der Waals surface area contributed by atoms with E-state index in [4.69, 9.17) is 0 Å². The Bertz CT molecular complexity index is 227. The summed E-state index contributed by atoms with van der Waals surface area (Å²) in [5, 5.41) is 0. The second-order valence-electron chi connectivity index (χ2n) is 0.816. The zero-order valence-corrected chi connectivity index (χ0v) is 11.4. The van der Waals surface area contributed by atoms with Crippen LogP contribution in [-0.4, -0.2) is 31.4 Å². The van der Waals surface area contributed by atoms with Crippen LogP contribution in [0.1, 0.15) is 0 Å². The van der Waals surface area contributed by atoms with Crippen LogP contribution in [0.15, 0.2) is 0 Å². The largest absolute Gasteiger partial charge is 1.00 e. The molecule has 0 atom stereocenters. The van der Waals surface area contributed by atoms with E-state index in [1.54, 1.807) is 0 Å². The summed E-state index contributed by atoms with van der Waals surface area (Å²) < 4.78 is 55.2. The Morgan fingerprint density at radius 3 is 0.818 bits per heavy atom. The monoisotopic (exact) mass is 224 g/mol. The van der Waals surface area contributed by atoms with Crippen LogP contribution in [0.4, 0.5) is 0 Å². The maximum absolute atomic E-state index is 9.20. The van der Waals surface area contributed by atoms with Crippen molar-refractivity contribution >= 4 is 18.3 Å². The Labute approximate surface area is 107 Å². The van der Waals surface area contributed by atoms with Gasteiger partial charge in [-0.15, -0.1) is 0 Å². The molecule has 0 aliphatic heterocycles. The molecule has 0 unspecified atom stereocenters. The molecule has 0 saturated carbocycles. The van der Waals surface area contributed by atoms with E-state index in [1.807, 2.05) is 0 Å². The minimum Gasteiger partial charge on any atom is -0.736 e. The van der Waals surface area contributed by atoms with Gasteiger partial charge in [0.05, 0.1) is 0 Å². The maximum Gasteiger partial charge on any atom is 1.00 e. The fraction of sp³-hybridized carbons (Fsp3) is 0. The second-order valence-corrected chi connectivity index (χ2v) is 4.90. The third kappa shape index (κ3) is 9.70. The van der Waals surface area contributed by atoms with Crippen LogP contribution in [0.5, 0.6) is 0 Å². The molecular weight excluding hydrogens is 222 g/mol. The summed E-state index contributed by atoms with van der Waals surface area (Å²) in [4.78, 5) is 0. The van der Waals surface area contributed by atoms with Crippen molar-refractivity contribution in [2.45, 2.75) is 0 Å². The maximum atomic E-state index is 9.20. The van der Waals surface area contributed by atoms with Gasteiger partial charge in [0, 0.05) is 0 Å². The number of hydrogen-bond acceptors (Lipinski definition) is 6. The molecule has 0 fully saturated rings. The molecule has 0 rings (SSSR count). The van der Waals surface area contributed by atoms with E-state index in [2.05, 4.69) is 0 Å². The van der Waals surface area contributed by atoms with Gasteiger partial charge in [0.25, 0.3) is 0 Å².